The summed E-state index contributed by atoms with van der Waals surface area (Å²) in [5.41, 5.74) is 1.02. The third-order valence-electron chi connectivity index (χ3n) is 4.55. The highest BCUT2D eigenvalue weighted by Crippen LogP contribution is 2.20. The zero-order chi connectivity index (χ0) is 16.2. The van der Waals surface area contributed by atoms with Gasteiger partial charge < -0.3 is 10.6 Å². The summed E-state index contributed by atoms with van der Waals surface area (Å²) in [6, 6.07) is 4.20. The van der Waals surface area contributed by atoms with Crippen LogP contribution >= 0.6 is 0 Å². The van der Waals surface area contributed by atoms with Gasteiger partial charge in [0.15, 0.2) is 0 Å². The van der Waals surface area contributed by atoms with Crippen molar-refractivity contribution in [3.8, 4) is 0 Å². The molecule has 1 aromatic carbocycles. The number of anilines is 2. The smallest absolute Gasteiger partial charge is 0.253 e. The van der Waals surface area contributed by atoms with Gasteiger partial charge in [0.2, 0.25) is 0 Å². The number of nitrogens with zero attached hydrogens (tertiary/aromatic N) is 2. The normalized spacial score (nSPS) is 18.4. The highest BCUT2D eigenvalue weighted by Gasteiger charge is 2.25. The second-order valence-electron chi connectivity index (χ2n) is 5.92. The van der Waals surface area contributed by atoms with Crippen LogP contribution in [-0.4, -0.2) is 35.6 Å². The van der Waals surface area contributed by atoms with Crippen molar-refractivity contribution in [3.05, 3.63) is 50.5 Å². The van der Waals surface area contributed by atoms with Crippen molar-refractivity contribution in [2.45, 2.75) is 32.4 Å². The second-order valence-corrected chi connectivity index (χ2v) is 5.92. The van der Waals surface area contributed by atoms with Gasteiger partial charge in [-0.05, 0) is 43.6 Å². The van der Waals surface area contributed by atoms with Crippen molar-refractivity contribution < 1.29 is 0 Å². The van der Waals surface area contributed by atoms with E-state index in [-0.39, 0.29) is 0 Å². The fourth-order valence-electron chi connectivity index (χ4n) is 3.18. The molecule has 0 spiro atoms. The van der Waals surface area contributed by atoms with Crippen LogP contribution in [0.25, 0.3) is 0 Å². The molecular weight excluding hydrogens is 292 g/mol. The Morgan fingerprint density at radius 2 is 1.87 bits per heavy atom. The van der Waals surface area contributed by atoms with Crippen molar-refractivity contribution in [3.63, 3.8) is 0 Å². The average Bonchev–Trinajstić information content (AvgIpc) is 3.05. The molecule has 1 aromatic heterocycles. The number of aromatic nitrogens is 1. The van der Waals surface area contributed by atoms with E-state index in [4.69, 9.17) is 0 Å². The molecule has 0 bridgehead atoms. The predicted molar refractivity (Wildman–Crippen MR) is 91.7 cm³/mol. The monoisotopic (exact) mass is 314 g/mol. The predicted octanol–water partition coefficient (Wildman–Crippen LogP) is 1.19. The van der Waals surface area contributed by atoms with Crippen LogP contribution in [0.1, 0.15) is 25.3 Å². The van der Waals surface area contributed by atoms with Gasteiger partial charge in [-0.3, -0.25) is 19.5 Å². The summed E-state index contributed by atoms with van der Waals surface area (Å²) < 4.78 is 0. The van der Waals surface area contributed by atoms with Gasteiger partial charge in [-0.25, -0.2) is 0 Å². The Bertz CT molecular complexity index is 722. The van der Waals surface area contributed by atoms with E-state index in [1.54, 1.807) is 12.4 Å². The molecule has 0 saturated carbocycles. The molecule has 2 N–H and O–H groups in total. The lowest BCUT2D eigenvalue weighted by Crippen LogP contribution is -2.41. The first-order valence-electron chi connectivity index (χ1n) is 8.14. The van der Waals surface area contributed by atoms with Crippen LogP contribution in [0.2, 0.25) is 0 Å². The Kier molecular flexibility index (Phi) is 4.71. The summed E-state index contributed by atoms with van der Waals surface area (Å²) >= 11 is 0. The van der Waals surface area contributed by atoms with Gasteiger partial charge >= 0.3 is 0 Å². The van der Waals surface area contributed by atoms with Crippen molar-refractivity contribution in [2.75, 3.05) is 30.3 Å². The van der Waals surface area contributed by atoms with Crippen LogP contribution in [0, 0.1) is 0 Å². The summed E-state index contributed by atoms with van der Waals surface area (Å²) in [5, 5.41) is 6.26. The van der Waals surface area contributed by atoms with Crippen molar-refractivity contribution in [2.24, 2.45) is 0 Å². The van der Waals surface area contributed by atoms with E-state index in [1.165, 1.54) is 6.42 Å². The molecule has 1 fully saturated rings. The highest BCUT2D eigenvalue weighted by molar-refractivity contribution is 5.74. The number of hydrogen-bond donors (Lipinski definition) is 2. The molecule has 1 aliphatic rings. The minimum absolute atomic E-state index is 0.410. The first-order chi connectivity index (χ1) is 11.2. The molecule has 0 aliphatic carbocycles. The average molecular weight is 314 g/mol. The van der Waals surface area contributed by atoms with Crippen LogP contribution in [0.15, 0.2) is 34.1 Å². The fraction of sp³-hybridized carbons (Fsp3) is 0.471. The van der Waals surface area contributed by atoms with Crippen LogP contribution in [-0.2, 0) is 6.54 Å². The minimum atomic E-state index is -0.430. The number of likely N-dealkylation sites (tertiary alicyclic amines) is 1. The lowest BCUT2D eigenvalue weighted by Gasteiger charge is -2.24. The fourth-order valence-corrected chi connectivity index (χ4v) is 3.18. The first kappa shape index (κ1) is 15.7. The molecule has 0 unspecified atom stereocenters. The molecule has 1 atom stereocenters. The van der Waals surface area contributed by atoms with Gasteiger partial charge in [-0.2, -0.15) is 0 Å². The number of likely N-dealkylation sites (N-methyl/N-ethyl adjacent to an activating group) is 1. The number of pyridine rings is 1. The largest absolute Gasteiger partial charge is 0.378 e. The van der Waals surface area contributed by atoms with Crippen LogP contribution in [0.3, 0.4) is 0 Å². The summed E-state index contributed by atoms with van der Waals surface area (Å²) in [5.74, 6) is 0. The molecule has 2 heterocycles. The maximum Gasteiger partial charge on any atom is 0.253 e. The quantitative estimate of drug-likeness (QED) is 0.748. The molecule has 23 heavy (non-hydrogen) atoms. The zero-order valence-corrected chi connectivity index (χ0v) is 13.3. The summed E-state index contributed by atoms with van der Waals surface area (Å²) in [4.78, 5) is 29.9. The van der Waals surface area contributed by atoms with Gasteiger partial charge in [0.05, 0.1) is 0 Å². The molecule has 1 saturated heterocycles. The number of rotatable bonds is 7. The molecule has 122 valence electrons. The lowest BCUT2D eigenvalue weighted by molar-refractivity contribution is 0.277. The standard InChI is InChI=1S/C17H22N4O2/c1-2-21-9-3-4-13(21)11-20-15-14(16(22)17(15)23)19-10-12-5-7-18-8-6-12/h5-8,13,19-20H,2-4,9-11H2,1H3/t13-/m1/s1. The Morgan fingerprint density at radius 3 is 2.57 bits per heavy atom. The molecule has 1 aliphatic heterocycles. The van der Waals surface area contributed by atoms with Gasteiger partial charge in [0.1, 0.15) is 11.4 Å². The summed E-state index contributed by atoms with van der Waals surface area (Å²) in [6.07, 6.45) is 5.74. The Hall–Kier alpha value is -2.21. The maximum atomic E-state index is 11.8. The molecule has 6 heteroatoms. The molecule has 2 aromatic rings. The number of hydrogen-bond acceptors (Lipinski definition) is 6. The maximum absolute atomic E-state index is 11.8. The Balaban J connectivity index is 1.61. The molecule has 0 radical (unpaired) electrons. The Labute approximate surface area is 135 Å². The van der Waals surface area contributed by atoms with Gasteiger partial charge in [0.25, 0.3) is 10.9 Å². The van der Waals surface area contributed by atoms with E-state index in [0.717, 1.165) is 25.1 Å². The van der Waals surface area contributed by atoms with Gasteiger partial charge in [-0.15, -0.1) is 0 Å². The highest BCUT2D eigenvalue weighted by atomic mass is 16.2. The van der Waals surface area contributed by atoms with E-state index in [1.807, 2.05) is 12.1 Å². The minimum Gasteiger partial charge on any atom is -0.378 e. The second kappa shape index (κ2) is 6.91. The van der Waals surface area contributed by atoms with E-state index in [0.29, 0.717) is 30.5 Å². The SMILES string of the molecule is CCN1CCC[C@@H]1CNc1c(NCc2ccncc2)c(=O)c1=O. The molecular formula is C17H22N4O2. The summed E-state index contributed by atoms with van der Waals surface area (Å²) in [6.45, 7) is 5.50. The first-order valence-corrected chi connectivity index (χ1v) is 8.14. The topological polar surface area (TPSA) is 74.3 Å². The molecule has 6 nitrogen and oxygen atoms in total. The van der Waals surface area contributed by atoms with Crippen molar-refractivity contribution in [1.29, 1.82) is 0 Å². The third kappa shape index (κ3) is 3.27. The van der Waals surface area contributed by atoms with Gasteiger partial charge in [-0.1, -0.05) is 6.92 Å². The van der Waals surface area contributed by atoms with Crippen molar-refractivity contribution in [1.82, 2.24) is 9.88 Å². The number of nitrogens with one attached hydrogen (secondary N) is 2. The molecule has 0 amide bonds. The lowest BCUT2D eigenvalue weighted by atomic mass is 10.1. The molecule has 3 rings (SSSR count). The van der Waals surface area contributed by atoms with E-state index in [9.17, 15) is 9.59 Å². The van der Waals surface area contributed by atoms with Crippen LogP contribution in [0.4, 0.5) is 11.4 Å². The van der Waals surface area contributed by atoms with Crippen LogP contribution in [0.5, 0.6) is 0 Å². The van der Waals surface area contributed by atoms with E-state index >= 15 is 0 Å². The van der Waals surface area contributed by atoms with E-state index < -0.39 is 10.9 Å². The van der Waals surface area contributed by atoms with Crippen molar-refractivity contribution >= 4 is 11.4 Å². The Morgan fingerprint density at radius 1 is 1.17 bits per heavy atom. The van der Waals surface area contributed by atoms with Gasteiger partial charge in [0, 0.05) is 31.5 Å². The third-order valence-corrected chi connectivity index (χ3v) is 4.55. The summed E-state index contributed by atoms with van der Waals surface area (Å²) in [7, 11) is 0. The zero-order valence-electron chi connectivity index (χ0n) is 13.3. The van der Waals surface area contributed by atoms with Crippen LogP contribution < -0.4 is 21.5 Å². The van der Waals surface area contributed by atoms with E-state index in [2.05, 4.69) is 27.4 Å².